The highest BCUT2D eigenvalue weighted by atomic mass is 79.9. The molecule has 1 heterocycles. The van der Waals surface area contributed by atoms with Crippen LogP contribution in [0.4, 0.5) is 10.5 Å². The van der Waals surface area contributed by atoms with Gasteiger partial charge >= 0.3 is 12.1 Å². The van der Waals surface area contributed by atoms with Crippen LogP contribution in [0.15, 0.2) is 22.7 Å². The van der Waals surface area contributed by atoms with Crippen LogP contribution in [0, 0.1) is 6.92 Å². The Balaban J connectivity index is 2.43. The summed E-state index contributed by atoms with van der Waals surface area (Å²) in [6.07, 6.45) is -0.348. The molecular formula is C12H12BrNO4. The second kappa shape index (κ2) is 4.97. The number of aliphatic carboxylic acids is 1. The summed E-state index contributed by atoms with van der Waals surface area (Å²) in [6.45, 7) is 2.05. The number of carboxylic acids is 1. The molecule has 1 aromatic carbocycles. The first-order chi connectivity index (χ1) is 8.50. The van der Waals surface area contributed by atoms with Gasteiger partial charge in [-0.05, 0) is 40.5 Å². The first kappa shape index (κ1) is 12.9. The van der Waals surface area contributed by atoms with Crippen molar-refractivity contribution in [3.63, 3.8) is 0 Å². The van der Waals surface area contributed by atoms with E-state index in [9.17, 15) is 9.59 Å². The molecule has 1 N–H and O–H groups in total. The molecule has 0 aromatic heterocycles. The van der Waals surface area contributed by atoms with Gasteiger partial charge in [0.15, 0.2) is 0 Å². The van der Waals surface area contributed by atoms with Crippen LogP contribution in [-0.2, 0) is 9.53 Å². The third-order valence-corrected chi connectivity index (χ3v) is 3.41. The van der Waals surface area contributed by atoms with Crippen molar-refractivity contribution >= 4 is 33.7 Å². The zero-order valence-electron chi connectivity index (χ0n) is 9.72. The van der Waals surface area contributed by atoms with E-state index in [0.29, 0.717) is 10.2 Å². The molecule has 0 radical (unpaired) electrons. The van der Waals surface area contributed by atoms with E-state index < -0.39 is 18.1 Å². The molecule has 0 saturated carbocycles. The summed E-state index contributed by atoms with van der Waals surface area (Å²) in [6, 6.07) is 4.48. The lowest BCUT2D eigenvalue weighted by Gasteiger charge is -2.32. The van der Waals surface area contributed by atoms with Crippen LogP contribution in [0.5, 0.6) is 0 Å². The number of carboxylic acid groups (broad SMARTS) is 1. The fourth-order valence-electron chi connectivity index (χ4n) is 1.89. The van der Waals surface area contributed by atoms with Gasteiger partial charge in [0.05, 0.1) is 12.3 Å². The Bertz CT molecular complexity index is 503. The molecule has 0 spiro atoms. The van der Waals surface area contributed by atoms with E-state index in [-0.39, 0.29) is 13.0 Å². The zero-order chi connectivity index (χ0) is 13.3. The maximum absolute atomic E-state index is 11.8. The van der Waals surface area contributed by atoms with Crippen molar-refractivity contribution in [2.24, 2.45) is 0 Å². The predicted octanol–water partition coefficient (Wildman–Crippen LogP) is 2.56. The first-order valence-electron chi connectivity index (χ1n) is 5.45. The van der Waals surface area contributed by atoms with Gasteiger partial charge in [0.1, 0.15) is 6.04 Å². The molecule has 1 unspecified atom stereocenters. The van der Waals surface area contributed by atoms with Crippen molar-refractivity contribution in [3.8, 4) is 0 Å². The summed E-state index contributed by atoms with van der Waals surface area (Å²) in [4.78, 5) is 24.1. The predicted molar refractivity (Wildman–Crippen MR) is 68.7 cm³/mol. The number of rotatable bonds is 2. The lowest BCUT2D eigenvalue weighted by Crippen LogP contribution is -2.50. The minimum atomic E-state index is -1.03. The number of cyclic esters (lactones) is 1. The van der Waals surface area contributed by atoms with Gasteiger partial charge < -0.3 is 9.84 Å². The summed E-state index contributed by atoms with van der Waals surface area (Å²) in [7, 11) is 0. The number of nitrogens with zero attached hydrogens (tertiary/aromatic N) is 1. The molecule has 1 saturated heterocycles. The molecule has 1 fully saturated rings. The van der Waals surface area contributed by atoms with Gasteiger partial charge in [0.25, 0.3) is 0 Å². The van der Waals surface area contributed by atoms with E-state index in [0.717, 1.165) is 5.56 Å². The third kappa shape index (κ3) is 2.33. The van der Waals surface area contributed by atoms with Gasteiger partial charge in [-0.25, -0.2) is 9.59 Å². The minimum absolute atomic E-state index is 0.135. The van der Waals surface area contributed by atoms with E-state index in [2.05, 4.69) is 15.9 Å². The van der Waals surface area contributed by atoms with Crippen molar-refractivity contribution in [2.45, 2.75) is 19.4 Å². The Kier molecular flexibility index (Phi) is 3.56. The largest absolute Gasteiger partial charge is 0.480 e. The number of benzene rings is 1. The lowest BCUT2D eigenvalue weighted by molar-refractivity contribution is -0.139. The van der Waals surface area contributed by atoms with E-state index in [1.165, 1.54) is 4.90 Å². The molecule has 1 amide bonds. The maximum atomic E-state index is 11.8. The number of halogens is 1. The van der Waals surface area contributed by atoms with Gasteiger partial charge in [-0.3, -0.25) is 4.90 Å². The summed E-state index contributed by atoms with van der Waals surface area (Å²) in [5.41, 5.74) is 1.53. The van der Waals surface area contributed by atoms with E-state index >= 15 is 0 Å². The van der Waals surface area contributed by atoms with Crippen LogP contribution >= 0.6 is 15.9 Å². The van der Waals surface area contributed by atoms with Crippen LogP contribution < -0.4 is 4.90 Å². The summed E-state index contributed by atoms with van der Waals surface area (Å²) in [5.74, 6) is -1.03. The number of aryl methyl sites for hydroxylation is 1. The highest BCUT2D eigenvalue weighted by Crippen LogP contribution is 2.31. The average molecular weight is 314 g/mol. The van der Waals surface area contributed by atoms with E-state index in [1.807, 2.05) is 19.1 Å². The smallest absolute Gasteiger partial charge is 0.415 e. The Morgan fingerprint density at radius 3 is 2.89 bits per heavy atom. The number of carbonyl (C=O) groups is 2. The molecule has 1 aliphatic rings. The quantitative estimate of drug-likeness (QED) is 0.911. The SMILES string of the molecule is Cc1ccc(N2C(=O)OCCC2C(=O)O)c(Br)c1. The molecule has 6 heteroatoms. The first-order valence-corrected chi connectivity index (χ1v) is 6.25. The molecule has 1 aromatic rings. The van der Waals surface area contributed by atoms with Crippen molar-refractivity contribution in [2.75, 3.05) is 11.5 Å². The standard InChI is InChI=1S/C12H12BrNO4/c1-7-2-3-9(8(13)6-7)14-10(11(15)16)4-5-18-12(14)17/h2-3,6,10H,4-5H2,1H3,(H,15,16). The second-order valence-electron chi connectivity index (χ2n) is 4.08. The molecular weight excluding hydrogens is 302 g/mol. The molecule has 2 rings (SSSR count). The van der Waals surface area contributed by atoms with Crippen molar-refractivity contribution in [3.05, 3.63) is 28.2 Å². The number of carbonyl (C=O) groups excluding carboxylic acids is 1. The van der Waals surface area contributed by atoms with Crippen LogP contribution in [0.1, 0.15) is 12.0 Å². The molecule has 0 aliphatic carbocycles. The van der Waals surface area contributed by atoms with Crippen LogP contribution in [-0.4, -0.2) is 29.8 Å². The third-order valence-electron chi connectivity index (χ3n) is 2.77. The number of hydrogen-bond donors (Lipinski definition) is 1. The Labute approximate surface area is 112 Å². The van der Waals surface area contributed by atoms with E-state index in [1.54, 1.807) is 6.07 Å². The number of hydrogen-bond acceptors (Lipinski definition) is 3. The Morgan fingerprint density at radius 1 is 1.56 bits per heavy atom. The van der Waals surface area contributed by atoms with Crippen LogP contribution in [0.25, 0.3) is 0 Å². The van der Waals surface area contributed by atoms with Crippen molar-refractivity contribution in [1.29, 1.82) is 0 Å². The summed E-state index contributed by atoms with van der Waals surface area (Å²) < 4.78 is 5.59. The topological polar surface area (TPSA) is 66.8 Å². The maximum Gasteiger partial charge on any atom is 0.415 e. The van der Waals surface area contributed by atoms with Gasteiger partial charge in [0, 0.05) is 10.9 Å². The fourth-order valence-corrected chi connectivity index (χ4v) is 2.58. The normalized spacial score (nSPS) is 19.6. The monoisotopic (exact) mass is 313 g/mol. The molecule has 1 atom stereocenters. The second-order valence-corrected chi connectivity index (χ2v) is 4.94. The van der Waals surface area contributed by atoms with Crippen molar-refractivity contribution in [1.82, 2.24) is 0 Å². The number of ether oxygens (including phenoxy) is 1. The van der Waals surface area contributed by atoms with Gasteiger partial charge in [-0.2, -0.15) is 0 Å². The summed E-state index contributed by atoms with van der Waals surface area (Å²) in [5, 5.41) is 9.17. The highest BCUT2D eigenvalue weighted by Gasteiger charge is 2.36. The van der Waals surface area contributed by atoms with Crippen LogP contribution in [0.3, 0.4) is 0 Å². The van der Waals surface area contributed by atoms with Gasteiger partial charge in [-0.1, -0.05) is 6.07 Å². The molecule has 5 nitrogen and oxygen atoms in total. The lowest BCUT2D eigenvalue weighted by atomic mass is 10.1. The minimum Gasteiger partial charge on any atom is -0.480 e. The summed E-state index contributed by atoms with van der Waals surface area (Å²) >= 11 is 3.34. The fraction of sp³-hybridized carbons (Fsp3) is 0.333. The molecule has 1 aliphatic heterocycles. The molecule has 96 valence electrons. The highest BCUT2D eigenvalue weighted by molar-refractivity contribution is 9.10. The van der Waals surface area contributed by atoms with Crippen molar-refractivity contribution < 1.29 is 19.4 Å². The van der Waals surface area contributed by atoms with Crippen LogP contribution in [0.2, 0.25) is 0 Å². The van der Waals surface area contributed by atoms with Gasteiger partial charge in [-0.15, -0.1) is 0 Å². The van der Waals surface area contributed by atoms with Gasteiger partial charge in [0.2, 0.25) is 0 Å². The Morgan fingerprint density at radius 2 is 2.28 bits per heavy atom. The number of anilines is 1. The molecule has 18 heavy (non-hydrogen) atoms. The Hall–Kier alpha value is -1.56. The molecule has 0 bridgehead atoms. The van der Waals surface area contributed by atoms with E-state index in [4.69, 9.17) is 9.84 Å². The zero-order valence-corrected chi connectivity index (χ0v) is 11.3. The number of amides is 1. The average Bonchev–Trinajstić information content (AvgIpc) is 2.29.